The molecule has 1 fully saturated rings. The van der Waals surface area contributed by atoms with Crippen molar-refractivity contribution in [1.29, 1.82) is 0 Å². The summed E-state index contributed by atoms with van der Waals surface area (Å²) in [6, 6.07) is 0.711. The van der Waals surface area contributed by atoms with Crippen LogP contribution in [0.2, 0.25) is 0 Å². The van der Waals surface area contributed by atoms with Crippen LogP contribution in [0.4, 0.5) is 0 Å². The van der Waals surface area contributed by atoms with E-state index in [0.29, 0.717) is 11.6 Å². The predicted molar refractivity (Wildman–Crippen MR) is 62.6 cm³/mol. The van der Waals surface area contributed by atoms with Gasteiger partial charge in [-0.3, -0.25) is 4.90 Å². The van der Waals surface area contributed by atoms with Gasteiger partial charge in [0.05, 0.1) is 0 Å². The van der Waals surface area contributed by atoms with Crippen LogP contribution in [0, 0.1) is 5.92 Å². The van der Waals surface area contributed by atoms with Crippen LogP contribution in [-0.4, -0.2) is 36.1 Å². The molecule has 84 valence electrons. The molecule has 0 aromatic rings. The fraction of sp³-hybridized carbons (Fsp3) is 1.00. The molecule has 1 unspecified atom stereocenters. The second-order valence-electron chi connectivity index (χ2n) is 5.67. The molecular weight excluding hydrogens is 172 g/mol. The Balaban J connectivity index is 2.70. The minimum Gasteiger partial charge on any atom is -0.315 e. The fourth-order valence-electron chi connectivity index (χ4n) is 2.38. The molecule has 0 radical (unpaired) electrons. The number of nitrogens with one attached hydrogen (secondary N) is 1. The monoisotopic (exact) mass is 198 g/mol. The summed E-state index contributed by atoms with van der Waals surface area (Å²) in [5.41, 5.74) is 0.306. The Hall–Kier alpha value is -0.0800. The molecule has 1 aliphatic heterocycles. The van der Waals surface area contributed by atoms with Crippen molar-refractivity contribution in [2.45, 2.75) is 52.6 Å². The first-order chi connectivity index (χ1) is 6.43. The van der Waals surface area contributed by atoms with Gasteiger partial charge < -0.3 is 5.32 Å². The Labute approximate surface area is 89.1 Å². The van der Waals surface area contributed by atoms with Crippen LogP contribution >= 0.6 is 0 Å². The van der Waals surface area contributed by atoms with E-state index in [1.807, 2.05) is 0 Å². The van der Waals surface area contributed by atoms with Crippen molar-refractivity contribution >= 4 is 0 Å². The lowest BCUT2D eigenvalue weighted by atomic mass is 9.99. The third-order valence-corrected chi connectivity index (χ3v) is 3.17. The molecule has 1 saturated heterocycles. The molecular formula is C12H26N2. The molecule has 1 heterocycles. The highest BCUT2D eigenvalue weighted by Crippen LogP contribution is 2.22. The summed E-state index contributed by atoms with van der Waals surface area (Å²) < 4.78 is 0. The summed E-state index contributed by atoms with van der Waals surface area (Å²) in [4.78, 5) is 2.66. The van der Waals surface area contributed by atoms with E-state index in [1.165, 1.54) is 19.5 Å². The Morgan fingerprint density at radius 3 is 2.64 bits per heavy atom. The van der Waals surface area contributed by atoms with E-state index in [2.05, 4.69) is 44.8 Å². The zero-order valence-electron chi connectivity index (χ0n) is 10.4. The van der Waals surface area contributed by atoms with Gasteiger partial charge in [-0.2, -0.15) is 0 Å². The fourth-order valence-corrected chi connectivity index (χ4v) is 2.38. The van der Waals surface area contributed by atoms with Gasteiger partial charge in [-0.25, -0.2) is 0 Å². The second-order valence-corrected chi connectivity index (χ2v) is 5.67. The van der Waals surface area contributed by atoms with E-state index < -0.39 is 0 Å². The van der Waals surface area contributed by atoms with Crippen LogP contribution < -0.4 is 5.32 Å². The lowest BCUT2D eigenvalue weighted by molar-refractivity contribution is 0.0749. The van der Waals surface area contributed by atoms with Crippen LogP contribution in [0.5, 0.6) is 0 Å². The molecule has 1 atom stereocenters. The summed E-state index contributed by atoms with van der Waals surface area (Å²) in [5.74, 6) is 0.759. The highest BCUT2D eigenvalue weighted by Gasteiger charge is 2.32. The first-order valence-electron chi connectivity index (χ1n) is 5.91. The number of hydrogen-bond acceptors (Lipinski definition) is 2. The van der Waals surface area contributed by atoms with E-state index in [-0.39, 0.29) is 0 Å². The van der Waals surface area contributed by atoms with Crippen LogP contribution in [0.15, 0.2) is 0 Å². The van der Waals surface area contributed by atoms with Crippen LogP contribution in [0.3, 0.4) is 0 Å². The van der Waals surface area contributed by atoms with Gasteiger partial charge >= 0.3 is 0 Å². The van der Waals surface area contributed by atoms with E-state index in [0.717, 1.165) is 12.5 Å². The van der Waals surface area contributed by atoms with Gasteiger partial charge in [0.25, 0.3) is 0 Å². The largest absolute Gasteiger partial charge is 0.315 e. The topological polar surface area (TPSA) is 15.3 Å². The average molecular weight is 198 g/mol. The van der Waals surface area contributed by atoms with Crippen molar-refractivity contribution < 1.29 is 0 Å². The van der Waals surface area contributed by atoms with Crippen LogP contribution in [0.25, 0.3) is 0 Å². The van der Waals surface area contributed by atoms with Crippen molar-refractivity contribution in [3.8, 4) is 0 Å². The molecule has 0 aromatic heterocycles. The zero-order valence-corrected chi connectivity index (χ0v) is 10.4. The molecule has 1 rings (SSSR count). The van der Waals surface area contributed by atoms with E-state index in [4.69, 9.17) is 0 Å². The minimum atomic E-state index is 0.306. The molecule has 0 aromatic carbocycles. The van der Waals surface area contributed by atoms with E-state index >= 15 is 0 Å². The Morgan fingerprint density at radius 2 is 2.07 bits per heavy atom. The van der Waals surface area contributed by atoms with E-state index in [1.54, 1.807) is 0 Å². The minimum absolute atomic E-state index is 0.306. The van der Waals surface area contributed by atoms with Crippen molar-refractivity contribution in [3.05, 3.63) is 0 Å². The van der Waals surface area contributed by atoms with Crippen molar-refractivity contribution in [2.75, 3.05) is 19.6 Å². The van der Waals surface area contributed by atoms with Gasteiger partial charge in [-0.15, -0.1) is 0 Å². The first kappa shape index (κ1) is 12.0. The first-order valence-corrected chi connectivity index (χ1v) is 5.91. The molecule has 14 heavy (non-hydrogen) atoms. The third kappa shape index (κ3) is 2.96. The highest BCUT2D eigenvalue weighted by atomic mass is 15.2. The normalized spacial score (nSPS) is 29.1. The molecule has 0 bridgehead atoms. The van der Waals surface area contributed by atoms with Gasteiger partial charge in [0.2, 0.25) is 0 Å². The van der Waals surface area contributed by atoms with Gasteiger partial charge in [-0.05, 0) is 39.7 Å². The molecule has 0 spiro atoms. The quantitative estimate of drug-likeness (QED) is 0.731. The molecule has 2 nitrogen and oxygen atoms in total. The third-order valence-electron chi connectivity index (χ3n) is 3.17. The van der Waals surface area contributed by atoms with Gasteiger partial charge in [0.1, 0.15) is 0 Å². The van der Waals surface area contributed by atoms with Gasteiger partial charge in [0, 0.05) is 24.7 Å². The lowest BCUT2D eigenvalue weighted by Crippen LogP contribution is -2.52. The van der Waals surface area contributed by atoms with Gasteiger partial charge in [-0.1, -0.05) is 13.8 Å². The molecule has 0 amide bonds. The Morgan fingerprint density at radius 1 is 1.43 bits per heavy atom. The maximum absolute atomic E-state index is 3.53. The molecule has 0 saturated carbocycles. The summed E-state index contributed by atoms with van der Waals surface area (Å²) in [6.45, 7) is 15.2. The number of hydrogen-bond donors (Lipinski definition) is 1. The van der Waals surface area contributed by atoms with Crippen molar-refractivity contribution in [2.24, 2.45) is 5.92 Å². The number of nitrogens with zero attached hydrogens (tertiary/aromatic N) is 1. The predicted octanol–water partition coefficient (Wildman–Crippen LogP) is 2.10. The van der Waals surface area contributed by atoms with Gasteiger partial charge in [0.15, 0.2) is 0 Å². The van der Waals surface area contributed by atoms with Crippen molar-refractivity contribution in [3.63, 3.8) is 0 Å². The second kappa shape index (κ2) is 4.63. The maximum atomic E-state index is 3.53. The summed E-state index contributed by atoms with van der Waals surface area (Å²) in [6.07, 6.45) is 1.27. The smallest absolute Gasteiger partial charge is 0.0280 e. The summed E-state index contributed by atoms with van der Waals surface area (Å²) in [5, 5.41) is 3.53. The highest BCUT2D eigenvalue weighted by molar-refractivity contribution is 4.90. The SMILES string of the molecule is CC(C)CN1C(C)CCNCC1(C)C. The Kier molecular flexibility index (Phi) is 3.96. The standard InChI is InChI=1S/C12H26N2/c1-10(2)8-14-11(3)6-7-13-9-12(14,4)5/h10-11,13H,6-9H2,1-5H3. The summed E-state index contributed by atoms with van der Waals surface area (Å²) >= 11 is 0. The Bertz CT molecular complexity index is 175. The molecule has 2 heteroatoms. The van der Waals surface area contributed by atoms with E-state index in [9.17, 15) is 0 Å². The average Bonchev–Trinajstić information content (AvgIpc) is 2.16. The maximum Gasteiger partial charge on any atom is 0.0280 e. The lowest BCUT2D eigenvalue weighted by Gasteiger charge is -2.41. The van der Waals surface area contributed by atoms with Crippen LogP contribution in [0.1, 0.15) is 41.0 Å². The molecule has 1 aliphatic rings. The molecule has 1 N–H and O–H groups in total. The number of rotatable bonds is 2. The van der Waals surface area contributed by atoms with Crippen LogP contribution in [-0.2, 0) is 0 Å². The summed E-state index contributed by atoms with van der Waals surface area (Å²) in [7, 11) is 0. The zero-order chi connectivity index (χ0) is 10.8. The molecule has 0 aliphatic carbocycles. The van der Waals surface area contributed by atoms with Crippen molar-refractivity contribution in [1.82, 2.24) is 10.2 Å².